The molecule has 0 unspecified atom stereocenters. The van der Waals surface area contributed by atoms with Crippen LogP contribution in [0.1, 0.15) is 15.9 Å². The molecule has 0 heterocycles. The molecule has 0 fully saturated rings. The Morgan fingerprint density at radius 2 is 2.20 bits per heavy atom. The van der Waals surface area contributed by atoms with Crippen LogP contribution in [0.25, 0.3) is 6.08 Å². The van der Waals surface area contributed by atoms with Crippen LogP contribution in [-0.4, -0.2) is 36.6 Å². The van der Waals surface area contributed by atoms with Crippen LogP contribution in [0.3, 0.4) is 0 Å². The lowest BCUT2D eigenvalue weighted by molar-refractivity contribution is 0.0827. The summed E-state index contributed by atoms with van der Waals surface area (Å²) in [5.41, 5.74) is 1.57. The largest absolute Gasteiger partial charge is 0.392 e. The van der Waals surface area contributed by atoms with E-state index in [4.69, 9.17) is 5.11 Å². The van der Waals surface area contributed by atoms with Gasteiger partial charge in [-0.1, -0.05) is 24.3 Å². The van der Waals surface area contributed by atoms with E-state index in [1.807, 2.05) is 12.1 Å². The van der Waals surface area contributed by atoms with E-state index in [0.29, 0.717) is 5.56 Å². The number of benzene rings is 1. The Morgan fingerprint density at radius 3 is 2.80 bits per heavy atom. The number of carbonyl (C=O) groups is 1. The fourth-order valence-electron chi connectivity index (χ4n) is 1.22. The van der Waals surface area contributed by atoms with Crippen molar-refractivity contribution in [2.75, 3.05) is 20.7 Å². The molecular weight excluding hydrogens is 190 g/mol. The molecule has 1 rings (SSSR count). The van der Waals surface area contributed by atoms with Gasteiger partial charge in [-0.05, 0) is 17.7 Å². The highest BCUT2D eigenvalue weighted by molar-refractivity contribution is 5.94. The van der Waals surface area contributed by atoms with Crippen LogP contribution in [0, 0.1) is 0 Å². The highest BCUT2D eigenvalue weighted by Gasteiger charge is 2.06. The van der Waals surface area contributed by atoms with E-state index >= 15 is 0 Å². The van der Waals surface area contributed by atoms with Crippen molar-refractivity contribution in [1.82, 2.24) is 4.90 Å². The Kier molecular flexibility index (Phi) is 4.06. The highest BCUT2D eigenvalue weighted by atomic mass is 16.2. The van der Waals surface area contributed by atoms with E-state index in [2.05, 4.69) is 0 Å². The molecule has 3 heteroatoms. The topological polar surface area (TPSA) is 40.5 Å². The zero-order chi connectivity index (χ0) is 11.3. The summed E-state index contributed by atoms with van der Waals surface area (Å²) < 4.78 is 0. The number of aliphatic hydroxyl groups excluding tert-OH is 1. The van der Waals surface area contributed by atoms with Crippen molar-refractivity contribution in [2.24, 2.45) is 0 Å². The lowest BCUT2D eigenvalue weighted by atomic mass is 10.1. The molecule has 0 spiro atoms. The number of hydrogen-bond acceptors (Lipinski definition) is 2. The summed E-state index contributed by atoms with van der Waals surface area (Å²) >= 11 is 0. The molecular formula is C12H15NO2. The van der Waals surface area contributed by atoms with Crippen molar-refractivity contribution in [2.45, 2.75) is 0 Å². The first kappa shape index (κ1) is 11.5. The number of rotatable bonds is 3. The molecule has 0 aliphatic rings. The van der Waals surface area contributed by atoms with Gasteiger partial charge in [0, 0.05) is 19.7 Å². The SMILES string of the molecule is CN(C)C(=O)c1cccc(C=CCO)c1. The maximum atomic E-state index is 11.6. The maximum Gasteiger partial charge on any atom is 0.253 e. The zero-order valence-electron chi connectivity index (χ0n) is 8.97. The summed E-state index contributed by atoms with van der Waals surface area (Å²) in [6.45, 7) is 0.00581. The summed E-state index contributed by atoms with van der Waals surface area (Å²) in [5.74, 6) is -0.0192. The van der Waals surface area contributed by atoms with Crippen LogP contribution in [0.5, 0.6) is 0 Å². The summed E-state index contributed by atoms with van der Waals surface area (Å²) in [7, 11) is 3.44. The molecule has 1 aromatic carbocycles. The second-order valence-electron chi connectivity index (χ2n) is 3.41. The van der Waals surface area contributed by atoms with Gasteiger partial charge in [0.05, 0.1) is 6.61 Å². The first-order valence-corrected chi connectivity index (χ1v) is 4.74. The van der Waals surface area contributed by atoms with Gasteiger partial charge in [0.25, 0.3) is 5.91 Å². The Morgan fingerprint density at radius 1 is 1.47 bits per heavy atom. The van der Waals surface area contributed by atoms with E-state index in [9.17, 15) is 4.79 Å². The molecule has 1 N–H and O–H groups in total. The van der Waals surface area contributed by atoms with Crippen LogP contribution >= 0.6 is 0 Å². The van der Waals surface area contributed by atoms with Crippen molar-refractivity contribution in [3.05, 3.63) is 41.5 Å². The zero-order valence-corrected chi connectivity index (χ0v) is 8.97. The molecule has 0 saturated heterocycles. The Bertz CT molecular complexity index is 370. The van der Waals surface area contributed by atoms with E-state index in [1.165, 1.54) is 4.90 Å². The lowest BCUT2D eigenvalue weighted by Gasteiger charge is -2.10. The third-order valence-electron chi connectivity index (χ3n) is 1.96. The minimum Gasteiger partial charge on any atom is -0.392 e. The molecule has 0 bridgehead atoms. The van der Waals surface area contributed by atoms with Gasteiger partial charge in [0.1, 0.15) is 0 Å². The Balaban J connectivity index is 2.92. The minimum absolute atomic E-state index is 0.00581. The van der Waals surface area contributed by atoms with Crippen LogP contribution in [0.4, 0.5) is 0 Å². The molecule has 0 aliphatic heterocycles. The normalized spacial score (nSPS) is 10.6. The third-order valence-corrected chi connectivity index (χ3v) is 1.96. The van der Waals surface area contributed by atoms with Gasteiger partial charge < -0.3 is 10.0 Å². The van der Waals surface area contributed by atoms with Gasteiger partial charge >= 0.3 is 0 Å². The number of amides is 1. The number of carbonyl (C=O) groups excluding carboxylic acids is 1. The van der Waals surface area contributed by atoms with Gasteiger partial charge in [-0.25, -0.2) is 0 Å². The monoisotopic (exact) mass is 205 g/mol. The second-order valence-corrected chi connectivity index (χ2v) is 3.41. The van der Waals surface area contributed by atoms with Crippen LogP contribution in [-0.2, 0) is 0 Å². The number of aliphatic hydroxyl groups is 1. The van der Waals surface area contributed by atoms with Crippen molar-refractivity contribution < 1.29 is 9.90 Å². The van der Waals surface area contributed by atoms with Crippen molar-refractivity contribution in [1.29, 1.82) is 0 Å². The molecule has 0 aromatic heterocycles. The molecule has 0 aliphatic carbocycles. The van der Waals surface area contributed by atoms with Crippen molar-refractivity contribution in [3.8, 4) is 0 Å². The second kappa shape index (κ2) is 5.32. The standard InChI is InChI=1S/C12H15NO2/c1-13(2)12(15)11-7-3-5-10(9-11)6-4-8-14/h3-7,9,14H,8H2,1-2H3. The fraction of sp³-hybridized carbons (Fsp3) is 0.250. The number of hydrogen-bond donors (Lipinski definition) is 1. The minimum atomic E-state index is -0.0192. The van der Waals surface area contributed by atoms with Gasteiger partial charge in [0.15, 0.2) is 0 Å². The Labute approximate surface area is 89.6 Å². The average molecular weight is 205 g/mol. The molecule has 0 saturated carbocycles. The fourth-order valence-corrected chi connectivity index (χ4v) is 1.22. The van der Waals surface area contributed by atoms with E-state index in [-0.39, 0.29) is 12.5 Å². The Hall–Kier alpha value is -1.61. The quantitative estimate of drug-likeness (QED) is 0.810. The molecule has 80 valence electrons. The van der Waals surface area contributed by atoms with Crippen LogP contribution in [0.2, 0.25) is 0 Å². The van der Waals surface area contributed by atoms with Gasteiger partial charge in [0.2, 0.25) is 0 Å². The maximum absolute atomic E-state index is 11.6. The van der Waals surface area contributed by atoms with E-state index in [1.54, 1.807) is 38.4 Å². The summed E-state index contributed by atoms with van der Waals surface area (Å²) in [4.78, 5) is 13.2. The van der Waals surface area contributed by atoms with Crippen molar-refractivity contribution in [3.63, 3.8) is 0 Å². The molecule has 3 nitrogen and oxygen atoms in total. The summed E-state index contributed by atoms with van der Waals surface area (Å²) in [6, 6.07) is 7.29. The average Bonchev–Trinajstić information content (AvgIpc) is 2.25. The van der Waals surface area contributed by atoms with Crippen LogP contribution in [0.15, 0.2) is 30.3 Å². The third kappa shape index (κ3) is 3.22. The number of nitrogens with zero attached hydrogens (tertiary/aromatic N) is 1. The first-order valence-electron chi connectivity index (χ1n) is 4.74. The van der Waals surface area contributed by atoms with E-state index < -0.39 is 0 Å². The van der Waals surface area contributed by atoms with Gasteiger partial charge in [-0.15, -0.1) is 0 Å². The molecule has 1 aromatic rings. The van der Waals surface area contributed by atoms with Gasteiger partial charge in [-0.3, -0.25) is 4.79 Å². The summed E-state index contributed by atoms with van der Waals surface area (Å²) in [6.07, 6.45) is 3.42. The smallest absolute Gasteiger partial charge is 0.253 e. The predicted molar refractivity (Wildman–Crippen MR) is 60.6 cm³/mol. The molecule has 0 radical (unpaired) electrons. The lowest BCUT2D eigenvalue weighted by Crippen LogP contribution is -2.21. The highest BCUT2D eigenvalue weighted by Crippen LogP contribution is 2.08. The van der Waals surface area contributed by atoms with Crippen LogP contribution < -0.4 is 0 Å². The molecule has 0 atom stereocenters. The van der Waals surface area contributed by atoms with Crippen molar-refractivity contribution >= 4 is 12.0 Å². The molecule has 15 heavy (non-hydrogen) atoms. The molecule has 1 amide bonds. The first-order chi connectivity index (χ1) is 7.15. The predicted octanol–water partition coefficient (Wildman–Crippen LogP) is 1.39. The van der Waals surface area contributed by atoms with Gasteiger partial charge in [-0.2, -0.15) is 0 Å². The summed E-state index contributed by atoms with van der Waals surface area (Å²) in [5, 5.41) is 8.63. The van der Waals surface area contributed by atoms with E-state index in [0.717, 1.165) is 5.56 Å².